The van der Waals surface area contributed by atoms with E-state index in [1.54, 1.807) is 0 Å². The first-order chi connectivity index (χ1) is 9.38. The molecule has 4 heteroatoms. The molecule has 19 heavy (non-hydrogen) atoms. The van der Waals surface area contributed by atoms with Gasteiger partial charge in [-0.3, -0.25) is 0 Å². The first-order valence-electron chi connectivity index (χ1n) is 7.19. The molecule has 2 fully saturated rings. The zero-order chi connectivity index (χ0) is 12.7. The highest BCUT2D eigenvalue weighted by Crippen LogP contribution is 2.28. The van der Waals surface area contributed by atoms with Gasteiger partial charge in [0.05, 0.1) is 10.2 Å². The highest BCUT2D eigenvalue weighted by molar-refractivity contribution is 7.18. The third-order valence-electron chi connectivity index (χ3n) is 4.49. The van der Waals surface area contributed by atoms with Gasteiger partial charge in [-0.15, -0.1) is 11.3 Å². The summed E-state index contributed by atoms with van der Waals surface area (Å²) >= 11 is 1.82. The number of para-hydroxylation sites is 1. The van der Waals surface area contributed by atoms with E-state index in [4.69, 9.17) is 4.98 Å². The minimum atomic E-state index is 0.700. The van der Waals surface area contributed by atoms with Gasteiger partial charge in [0.25, 0.3) is 0 Å². The van der Waals surface area contributed by atoms with Gasteiger partial charge >= 0.3 is 0 Å². The highest BCUT2D eigenvalue weighted by atomic mass is 32.1. The zero-order valence-corrected chi connectivity index (χ0v) is 11.8. The maximum Gasteiger partial charge on any atom is 0.108 e. The average molecular weight is 273 g/mol. The standard InChI is InChI=1S/C15H19N3S/c1-2-4-14-13(3-1)17-15(19-14)9-16-12-6-8-18-7-5-11(12)10-18/h1-4,11-12,16H,5-10H2. The first kappa shape index (κ1) is 11.8. The van der Waals surface area contributed by atoms with Crippen LogP contribution in [0.1, 0.15) is 17.8 Å². The van der Waals surface area contributed by atoms with Crippen LogP contribution in [0.5, 0.6) is 0 Å². The van der Waals surface area contributed by atoms with Gasteiger partial charge in [-0.05, 0) is 44.0 Å². The van der Waals surface area contributed by atoms with E-state index in [2.05, 4.69) is 34.5 Å². The molecule has 4 rings (SSSR count). The van der Waals surface area contributed by atoms with Crippen molar-refractivity contribution >= 4 is 21.6 Å². The summed E-state index contributed by atoms with van der Waals surface area (Å²) in [5, 5.41) is 4.97. The fourth-order valence-corrected chi connectivity index (χ4v) is 4.35. The molecule has 1 aromatic heterocycles. The van der Waals surface area contributed by atoms with Crippen molar-refractivity contribution in [1.82, 2.24) is 15.2 Å². The lowest BCUT2D eigenvalue weighted by molar-refractivity contribution is 0.220. The highest BCUT2D eigenvalue weighted by Gasteiger charge is 2.33. The second kappa shape index (κ2) is 4.85. The van der Waals surface area contributed by atoms with E-state index in [1.807, 2.05) is 11.3 Å². The SMILES string of the molecule is c1ccc2sc(CNC3CCN4CCC3C4)nc2c1. The van der Waals surface area contributed by atoms with Crippen LogP contribution >= 0.6 is 11.3 Å². The molecule has 0 spiro atoms. The molecule has 3 nitrogen and oxygen atoms in total. The number of benzene rings is 1. The van der Waals surface area contributed by atoms with Gasteiger partial charge in [0.1, 0.15) is 5.01 Å². The van der Waals surface area contributed by atoms with Crippen LogP contribution in [-0.2, 0) is 6.54 Å². The Bertz CT molecular complexity index is 547. The minimum absolute atomic E-state index is 0.700. The fraction of sp³-hybridized carbons (Fsp3) is 0.533. The van der Waals surface area contributed by atoms with E-state index in [1.165, 1.54) is 42.2 Å². The Hall–Kier alpha value is -0.970. The van der Waals surface area contributed by atoms with E-state index in [0.29, 0.717) is 6.04 Å². The van der Waals surface area contributed by atoms with Crippen LogP contribution in [0.2, 0.25) is 0 Å². The smallest absolute Gasteiger partial charge is 0.108 e. The number of nitrogens with zero attached hydrogens (tertiary/aromatic N) is 2. The van der Waals surface area contributed by atoms with Gasteiger partial charge in [-0.25, -0.2) is 4.98 Å². The molecule has 1 aromatic carbocycles. The Kier molecular flexibility index (Phi) is 3.02. The summed E-state index contributed by atoms with van der Waals surface area (Å²) < 4.78 is 1.30. The molecular formula is C15H19N3S. The molecule has 2 bridgehead atoms. The van der Waals surface area contributed by atoms with Gasteiger partial charge < -0.3 is 10.2 Å². The fourth-order valence-electron chi connectivity index (χ4n) is 3.43. The van der Waals surface area contributed by atoms with Crippen LogP contribution in [0.25, 0.3) is 10.2 Å². The van der Waals surface area contributed by atoms with Crippen molar-refractivity contribution in [3.8, 4) is 0 Å². The van der Waals surface area contributed by atoms with Crippen LogP contribution in [-0.4, -0.2) is 35.6 Å². The lowest BCUT2D eigenvalue weighted by Gasteiger charge is -2.30. The van der Waals surface area contributed by atoms with Gasteiger partial charge in [-0.1, -0.05) is 12.1 Å². The molecule has 1 N–H and O–H groups in total. The number of fused-ring (bicyclic) bond motifs is 3. The lowest BCUT2D eigenvalue weighted by atomic mass is 9.94. The molecule has 3 heterocycles. The molecule has 3 atom stereocenters. The van der Waals surface area contributed by atoms with Crippen LogP contribution < -0.4 is 5.32 Å². The normalized spacial score (nSPS) is 30.0. The third kappa shape index (κ3) is 2.29. The summed E-state index contributed by atoms with van der Waals surface area (Å²) in [6.07, 6.45) is 2.67. The van der Waals surface area contributed by atoms with E-state index in [0.717, 1.165) is 18.0 Å². The second-order valence-electron chi connectivity index (χ2n) is 5.70. The molecule has 0 amide bonds. The van der Waals surface area contributed by atoms with Crippen LogP contribution in [0, 0.1) is 5.92 Å². The Morgan fingerprint density at radius 2 is 2.16 bits per heavy atom. The summed E-state index contributed by atoms with van der Waals surface area (Å²) in [5.41, 5.74) is 1.14. The van der Waals surface area contributed by atoms with Crippen molar-refractivity contribution in [2.75, 3.05) is 19.6 Å². The lowest BCUT2D eigenvalue weighted by Crippen LogP contribution is -2.43. The van der Waals surface area contributed by atoms with E-state index >= 15 is 0 Å². The predicted molar refractivity (Wildman–Crippen MR) is 79.4 cm³/mol. The summed E-state index contributed by atoms with van der Waals surface area (Å²) in [4.78, 5) is 7.30. The summed E-state index contributed by atoms with van der Waals surface area (Å²) in [5.74, 6) is 0.864. The summed E-state index contributed by atoms with van der Waals surface area (Å²) in [7, 11) is 0. The van der Waals surface area contributed by atoms with Crippen molar-refractivity contribution in [3.05, 3.63) is 29.3 Å². The maximum absolute atomic E-state index is 4.70. The number of piperidine rings is 1. The van der Waals surface area contributed by atoms with Crippen molar-refractivity contribution in [1.29, 1.82) is 0 Å². The zero-order valence-electron chi connectivity index (χ0n) is 11.0. The second-order valence-corrected chi connectivity index (χ2v) is 6.82. The third-order valence-corrected chi connectivity index (χ3v) is 5.52. The summed E-state index contributed by atoms with van der Waals surface area (Å²) in [6, 6.07) is 9.11. The Morgan fingerprint density at radius 3 is 3.11 bits per heavy atom. The van der Waals surface area contributed by atoms with Gasteiger partial charge in [0, 0.05) is 19.1 Å². The molecule has 0 aliphatic carbocycles. The van der Waals surface area contributed by atoms with Crippen LogP contribution in [0.4, 0.5) is 0 Å². The number of thiazole rings is 1. The Morgan fingerprint density at radius 1 is 1.26 bits per heavy atom. The van der Waals surface area contributed by atoms with Crippen molar-refractivity contribution in [2.45, 2.75) is 25.4 Å². The van der Waals surface area contributed by atoms with Crippen LogP contribution in [0.15, 0.2) is 24.3 Å². The average Bonchev–Trinajstić information content (AvgIpc) is 3.02. The minimum Gasteiger partial charge on any atom is -0.307 e. The molecule has 2 aromatic rings. The molecule has 3 unspecified atom stereocenters. The number of nitrogens with one attached hydrogen (secondary N) is 1. The number of rotatable bonds is 3. The monoisotopic (exact) mass is 273 g/mol. The maximum atomic E-state index is 4.70. The molecular weight excluding hydrogens is 254 g/mol. The van der Waals surface area contributed by atoms with E-state index in [-0.39, 0.29) is 0 Å². The van der Waals surface area contributed by atoms with E-state index < -0.39 is 0 Å². The van der Waals surface area contributed by atoms with Crippen molar-refractivity contribution in [2.24, 2.45) is 5.92 Å². The molecule has 2 aliphatic heterocycles. The molecule has 2 aliphatic rings. The quantitative estimate of drug-likeness (QED) is 0.931. The topological polar surface area (TPSA) is 28.2 Å². The molecule has 2 saturated heterocycles. The first-order valence-corrected chi connectivity index (χ1v) is 8.00. The van der Waals surface area contributed by atoms with Crippen LogP contribution in [0.3, 0.4) is 0 Å². The predicted octanol–water partition coefficient (Wildman–Crippen LogP) is 2.48. The van der Waals surface area contributed by atoms with Crippen molar-refractivity contribution < 1.29 is 0 Å². The van der Waals surface area contributed by atoms with Gasteiger partial charge in [-0.2, -0.15) is 0 Å². The van der Waals surface area contributed by atoms with E-state index in [9.17, 15) is 0 Å². The van der Waals surface area contributed by atoms with Gasteiger partial charge in [0.15, 0.2) is 0 Å². The van der Waals surface area contributed by atoms with Crippen molar-refractivity contribution in [3.63, 3.8) is 0 Å². The number of hydrogen-bond acceptors (Lipinski definition) is 4. The molecule has 0 saturated carbocycles. The Balaban J connectivity index is 1.44. The largest absolute Gasteiger partial charge is 0.307 e. The Labute approximate surface area is 117 Å². The van der Waals surface area contributed by atoms with Gasteiger partial charge in [0.2, 0.25) is 0 Å². The summed E-state index contributed by atoms with van der Waals surface area (Å²) in [6.45, 7) is 4.82. The molecule has 0 radical (unpaired) electrons. The molecule has 100 valence electrons. The number of hydrogen-bond donors (Lipinski definition) is 1. The number of aromatic nitrogens is 1.